The SMILES string of the molecule is COc1ccc(/C=N/NC(=O)CC(=O)Nc2cccc(C(F)(F)F)c2)c(OC)c1. The van der Waals surface area contributed by atoms with Crippen molar-refractivity contribution in [3.8, 4) is 11.5 Å². The third kappa shape index (κ3) is 6.52. The first-order valence-corrected chi connectivity index (χ1v) is 8.24. The number of methoxy groups -OCH3 is 2. The molecular formula is C19H18F3N3O4. The number of alkyl halides is 3. The van der Waals surface area contributed by atoms with Crippen LogP contribution in [0.1, 0.15) is 17.5 Å². The molecule has 0 saturated heterocycles. The Bertz CT molecular complexity index is 914. The van der Waals surface area contributed by atoms with Crippen molar-refractivity contribution in [2.75, 3.05) is 19.5 Å². The highest BCUT2D eigenvalue weighted by Gasteiger charge is 2.30. The molecule has 0 saturated carbocycles. The standard InChI is InChI=1S/C19H18F3N3O4/c1-28-15-7-6-12(16(9-15)29-2)11-23-25-18(27)10-17(26)24-14-5-3-4-13(8-14)19(20,21)22/h3-9,11H,10H2,1-2H3,(H,24,26)(H,25,27)/b23-11+. The van der Waals surface area contributed by atoms with Crippen LogP contribution in [0.2, 0.25) is 0 Å². The number of carbonyl (C=O) groups excluding carboxylic acids is 2. The molecule has 0 aliphatic heterocycles. The number of rotatable bonds is 7. The summed E-state index contributed by atoms with van der Waals surface area (Å²) in [5, 5.41) is 5.98. The van der Waals surface area contributed by atoms with E-state index < -0.39 is 30.0 Å². The van der Waals surface area contributed by atoms with Crippen LogP contribution in [0.3, 0.4) is 0 Å². The van der Waals surface area contributed by atoms with Crippen molar-refractivity contribution in [1.82, 2.24) is 5.43 Å². The van der Waals surface area contributed by atoms with Crippen molar-refractivity contribution < 1.29 is 32.2 Å². The van der Waals surface area contributed by atoms with Crippen LogP contribution in [-0.4, -0.2) is 32.2 Å². The third-order valence-corrected chi connectivity index (χ3v) is 3.63. The van der Waals surface area contributed by atoms with Gasteiger partial charge in [-0.3, -0.25) is 9.59 Å². The van der Waals surface area contributed by atoms with E-state index in [4.69, 9.17) is 9.47 Å². The largest absolute Gasteiger partial charge is 0.497 e. The molecule has 0 fully saturated rings. The maximum atomic E-state index is 12.7. The van der Waals surface area contributed by atoms with E-state index in [-0.39, 0.29) is 5.69 Å². The van der Waals surface area contributed by atoms with Gasteiger partial charge in [0.15, 0.2) is 0 Å². The lowest BCUT2D eigenvalue weighted by Crippen LogP contribution is -2.24. The molecule has 10 heteroatoms. The van der Waals surface area contributed by atoms with Gasteiger partial charge < -0.3 is 14.8 Å². The van der Waals surface area contributed by atoms with Crippen molar-refractivity contribution in [2.45, 2.75) is 12.6 Å². The van der Waals surface area contributed by atoms with Gasteiger partial charge in [-0.25, -0.2) is 5.43 Å². The molecule has 2 aromatic carbocycles. The summed E-state index contributed by atoms with van der Waals surface area (Å²) >= 11 is 0. The second-order valence-corrected chi connectivity index (χ2v) is 5.70. The van der Waals surface area contributed by atoms with Gasteiger partial charge in [0.25, 0.3) is 0 Å². The average molecular weight is 409 g/mol. The number of anilines is 1. The second kappa shape index (κ2) is 9.58. The predicted octanol–water partition coefficient (Wildman–Crippen LogP) is 3.20. The fourth-order valence-corrected chi connectivity index (χ4v) is 2.26. The average Bonchev–Trinajstić information content (AvgIpc) is 2.67. The third-order valence-electron chi connectivity index (χ3n) is 3.63. The normalized spacial score (nSPS) is 11.2. The van der Waals surface area contributed by atoms with Crippen LogP contribution in [0.5, 0.6) is 11.5 Å². The molecule has 0 aromatic heterocycles. The monoisotopic (exact) mass is 409 g/mol. The summed E-state index contributed by atoms with van der Waals surface area (Å²) in [6, 6.07) is 9.08. The topological polar surface area (TPSA) is 89.0 Å². The lowest BCUT2D eigenvalue weighted by atomic mass is 10.2. The molecule has 2 rings (SSSR count). The Balaban J connectivity index is 1.91. The van der Waals surface area contributed by atoms with E-state index in [1.807, 2.05) is 0 Å². The molecule has 7 nitrogen and oxygen atoms in total. The second-order valence-electron chi connectivity index (χ2n) is 5.70. The molecule has 0 atom stereocenters. The summed E-state index contributed by atoms with van der Waals surface area (Å²) in [4.78, 5) is 23.6. The number of nitrogens with zero attached hydrogens (tertiary/aromatic N) is 1. The minimum Gasteiger partial charge on any atom is -0.497 e. The van der Waals surface area contributed by atoms with Crippen molar-refractivity contribution >= 4 is 23.7 Å². The number of ether oxygens (including phenoxy) is 2. The van der Waals surface area contributed by atoms with Crippen LogP contribution in [0, 0.1) is 0 Å². The number of halogens is 3. The van der Waals surface area contributed by atoms with E-state index in [2.05, 4.69) is 15.8 Å². The van der Waals surface area contributed by atoms with E-state index >= 15 is 0 Å². The molecule has 0 aliphatic rings. The van der Waals surface area contributed by atoms with E-state index in [1.165, 1.54) is 26.5 Å². The Morgan fingerprint density at radius 1 is 1.07 bits per heavy atom. The molecule has 0 spiro atoms. The molecule has 0 unspecified atom stereocenters. The summed E-state index contributed by atoms with van der Waals surface area (Å²) in [7, 11) is 2.97. The zero-order valence-corrected chi connectivity index (χ0v) is 15.5. The summed E-state index contributed by atoms with van der Waals surface area (Å²) in [5.74, 6) is -0.476. The van der Waals surface area contributed by atoms with E-state index in [9.17, 15) is 22.8 Å². The molecule has 0 aliphatic carbocycles. The highest BCUT2D eigenvalue weighted by Crippen LogP contribution is 2.30. The van der Waals surface area contributed by atoms with Crippen LogP contribution >= 0.6 is 0 Å². The minimum absolute atomic E-state index is 0.0657. The number of benzene rings is 2. The zero-order chi connectivity index (χ0) is 21.4. The van der Waals surface area contributed by atoms with Crippen molar-refractivity contribution in [1.29, 1.82) is 0 Å². The summed E-state index contributed by atoms with van der Waals surface area (Å²) in [6.45, 7) is 0. The molecule has 0 heterocycles. The van der Waals surface area contributed by atoms with Crippen molar-refractivity contribution in [3.63, 3.8) is 0 Å². The number of carbonyl (C=O) groups is 2. The first kappa shape index (κ1) is 21.7. The first-order chi connectivity index (χ1) is 13.7. The van der Waals surface area contributed by atoms with Gasteiger partial charge in [-0.15, -0.1) is 0 Å². The Morgan fingerprint density at radius 2 is 1.83 bits per heavy atom. The molecule has 0 radical (unpaired) electrons. The van der Waals surface area contributed by atoms with E-state index in [1.54, 1.807) is 18.2 Å². The predicted molar refractivity (Wildman–Crippen MR) is 100.0 cm³/mol. The van der Waals surface area contributed by atoms with Crippen LogP contribution in [-0.2, 0) is 15.8 Å². The fourth-order valence-electron chi connectivity index (χ4n) is 2.26. The van der Waals surface area contributed by atoms with Crippen LogP contribution in [0.15, 0.2) is 47.6 Å². The molecule has 154 valence electrons. The van der Waals surface area contributed by atoms with Crippen LogP contribution in [0.4, 0.5) is 18.9 Å². The van der Waals surface area contributed by atoms with Gasteiger partial charge in [0.2, 0.25) is 11.8 Å². The highest BCUT2D eigenvalue weighted by molar-refractivity contribution is 6.03. The Labute approximate surface area is 164 Å². The minimum atomic E-state index is -4.53. The molecule has 0 bridgehead atoms. The lowest BCUT2D eigenvalue weighted by Gasteiger charge is -2.09. The van der Waals surface area contributed by atoms with Gasteiger partial charge in [0, 0.05) is 17.3 Å². The first-order valence-electron chi connectivity index (χ1n) is 8.24. The fraction of sp³-hybridized carbons (Fsp3) is 0.211. The molecule has 2 N–H and O–H groups in total. The van der Waals surface area contributed by atoms with Crippen molar-refractivity contribution in [3.05, 3.63) is 53.6 Å². The zero-order valence-electron chi connectivity index (χ0n) is 15.5. The molecular weight excluding hydrogens is 391 g/mol. The van der Waals surface area contributed by atoms with Gasteiger partial charge >= 0.3 is 6.18 Å². The Morgan fingerprint density at radius 3 is 2.48 bits per heavy atom. The lowest BCUT2D eigenvalue weighted by molar-refractivity contribution is -0.137. The summed E-state index contributed by atoms with van der Waals surface area (Å²) in [5.41, 5.74) is 1.75. The number of hydrazone groups is 1. The Hall–Kier alpha value is -3.56. The van der Waals surface area contributed by atoms with E-state index in [0.29, 0.717) is 17.1 Å². The number of amides is 2. The maximum Gasteiger partial charge on any atom is 0.416 e. The molecule has 29 heavy (non-hydrogen) atoms. The molecule has 2 aromatic rings. The quantitative estimate of drug-likeness (QED) is 0.418. The molecule has 2 amide bonds. The highest BCUT2D eigenvalue weighted by atomic mass is 19.4. The smallest absolute Gasteiger partial charge is 0.416 e. The Kier molecular flexibility index (Phi) is 7.18. The van der Waals surface area contributed by atoms with Gasteiger partial charge in [0.1, 0.15) is 17.9 Å². The van der Waals surface area contributed by atoms with Gasteiger partial charge in [-0.2, -0.15) is 18.3 Å². The van der Waals surface area contributed by atoms with Crippen LogP contribution < -0.4 is 20.2 Å². The summed E-state index contributed by atoms with van der Waals surface area (Å²) < 4.78 is 48.3. The number of nitrogens with one attached hydrogen (secondary N) is 2. The number of hydrogen-bond donors (Lipinski definition) is 2. The van der Waals surface area contributed by atoms with E-state index in [0.717, 1.165) is 18.2 Å². The van der Waals surface area contributed by atoms with Gasteiger partial charge in [-0.1, -0.05) is 6.07 Å². The van der Waals surface area contributed by atoms with Crippen molar-refractivity contribution in [2.24, 2.45) is 5.10 Å². The van der Waals surface area contributed by atoms with Gasteiger partial charge in [-0.05, 0) is 30.3 Å². The summed E-state index contributed by atoms with van der Waals surface area (Å²) in [6.07, 6.45) is -3.83. The maximum absolute atomic E-state index is 12.7. The van der Waals surface area contributed by atoms with Crippen LogP contribution in [0.25, 0.3) is 0 Å². The number of hydrogen-bond acceptors (Lipinski definition) is 5. The van der Waals surface area contributed by atoms with Gasteiger partial charge in [0.05, 0.1) is 26.0 Å².